The maximum atomic E-state index is 15.2. The van der Waals surface area contributed by atoms with Gasteiger partial charge in [0.1, 0.15) is 46.5 Å². The van der Waals surface area contributed by atoms with E-state index in [2.05, 4.69) is 30.7 Å². The fourth-order valence-corrected chi connectivity index (χ4v) is 5.34. The Kier molecular flexibility index (Phi) is 8.05. The number of nitrogens with zero attached hydrogens (tertiary/aromatic N) is 4. The molecular formula is C31H29ClF2N8O5. The molecule has 244 valence electrons. The van der Waals surface area contributed by atoms with Gasteiger partial charge in [-0.25, -0.2) is 13.8 Å². The van der Waals surface area contributed by atoms with Crippen LogP contribution in [0.25, 0.3) is 11.3 Å². The number of H-pyrrole nitrogens is 1. The number of fused-ring (bicyclic) bond motifs is 1. The molecule has 0 bridgehead atoms. The third-order valence-corrected chi connectivity index (χ3v) is 8.57. The molecule has 3 heterocycles. The Morgan fingerprint density at radius 2 is 2.02 bits per heavy atom. The van der Waals surface area contributed by atoms with E-state index in [-0.39, 0.29) is 57.9 Å². The average Bonchev–Trinajstić information content (AvgIpc) is 3.57. The molecule has 6 rings (SSSR count). The van der Waals surface area contributed by atoms with E-state index < -0.39 is 46.0 Å². The zero-order valence-corrected chi connectivity index (χ0v) is 25.9. The predicted molar refractivity (Wildman–Crippen MR) is 166 cm³/mol. The van der Waals surface area contributed by atoms with Crippen LogP contribution in [0.4, 0.5) is 14.5 Å². The quantitative estimate of drug-likeness (QED) is 0.0958. The SMILES string of the molecule is COc1cc(C(=O)NC[C@](O)(c2cn[nH]n2)c2cc3c(c(-c4cc(Cl)c(F)cc4F)n2)OC[C@]3(C)C(N)=O)cc(C=NC2CC2)c1N. The van der Waals surface area contributed by atoms with Crippen LogP contribution < -0.4 is 26.3 Å². The van der Waals surface area contributed by atoms with Gasteiger partial charge >= 0.3 is 0 Å². The number of aliphatic hydroxyl groups is 1. The highest BCUT2D eigenvalue weighted by Gasteiger charge is 2.47. The first-order valence-electron chi connectivity index (χ1n) is 14.4. The van der Waals surface area contributed by atoms with E-state index in [9.17, 15) is 19.1 Å². The number of methoxy groups -OCH3 is 1. The van der Waals surface area contributed by atoms with E-state index in [0.29, 0.717) is 17.3 Å². The number of nitrogens with one attached hydrogen (secondary N) is 2. The second-order valence-electron chi connectivity index (χ2n) is 11.6. The van der Waals surface area contributed by atoms with Gasteiger partial charge < -0.3 is 31.4 Å². The highest BCUT2D eigenvalue weighted by Crippen LogP contribution is 2.47. The van der Waals surface area contributed by atoms with E-state index >= 15 is 4.39 Å². The number of anilines is 1. The number of benzene rings is 2. The Balaban J connectivity index is 1.44. The number of carbonyl (C=O) groups is 2. The summed E-state index contributed by atoms with van der Waals surface area (Å²) in [5.41, 5.74) is 8.65. The number of aromatic nitrogens is 4. The normalized spacial score (nSPS) is 18.4. The minimum absolute atomic E-state index is 0.0162. The number of aromatic amines is 1. The number of halogens is 3. The number of rotatable bonds is 10. The molecule has 0 saturated heterocycles. The number of hydrogen-bond donors (Lipinski definition) is 5. The number of nitrogen functional groups attached to an aromatic ring is 1. The van der Waals surface area contributed by atoms with Gasteiger partial charge in [0.25, 0.3) is 5.91 Å². The summed E-state index contributed by atoms with van der Waals surface area (Å²) >= 11 is 6.00. The molecule has 7 N–H and O–H groups in total. The van der Waals surface area contributed by atoms with Crippen molar-refractivity contribution in [3.8, 4) is 22.8 Å². The number of hydrogen-bond acceptors (Lipinski definition) is 10. The molecule has 2 aromatic heterocycles. The van der Waals surface area contributed by atoms with Gasteiger partial charge in [0, 0.05) is 34.5 Å². The molecule has 1 aliphatic heterocycles. The highest BCUT2D eigenvalue weighted by atomic mass is 35.5. The Labute approximate surface area is 271 Å². The van der Waals surface area contributed by atoms with Crippen LogP contribution in [-0.2, 0) is 15.8 Å². The fourth-order valence-electron chi connectivity index (χ4n) is 5.17. The maximum Gasteiger partial charge on any atom is 0.251 e. The summed E-state index contributed by atoms with van der Waals surface area (Å²) in [7, 11) is 1.41. The number of carbonyl (C=O) groups excluding carboxylic acids is 2. The molecule has 4 aromatic rings. The molecule has 16 heteroatoms. The van der Waals surface area contributed by atoms with Crippen LogP contribution in [0.1, 0.15) is 52.6 Å². The van der Waals surface area contributed by atoms with Crippen LogP contribution in [0.15, 0.2) is 41.5 Å². The second kappa shape index (κ2) is 11.9. The van der Waals surface area contributed by atoms with Crippen molar-refractivity contribution in [2.24, 2.45) is 10.7 Å². The number of ether oxygens (including phenoxy) is 2. The van der Waals surface area contributed by atoms with Crippen molar-refractivity contribution in [3.05, 3.63) is 81.3 Å². The van der Waals surface area contributed by atoms with Gasteiger partial charge in [0.15, 0.2) is 5.60 Å². The Bertz CT molecular complexity index is 1940. The lowest BCUT2D eigenvalue weighted by Crippen LogP contribution is -2.43. The lowest BCUT2D eigenvalue weighted by molar-refractivity contribution is -0.123. The zero-order chi connectivity index (χ0) is 33.7. The smallest absolute Gasteiger partial charge is 0.251 e. The third-order valence-electron chi connectivity index (χ3n) is 8.28. The number of pyridine rings is 1. The molecule has 0 spiro atoms. The van der Waals surface area contributed by atoms with Gasteiger partial charge in [-0.05, 0) is 44.0 Å². The summed E-state index contributed by atoms with van der Waals surface area (Å²) in [6.07, 6.45) is 4.74. The van der Waals surface area contributed by atoms with Crippen molar-refractivity contribution in [2.75, 3.05) is 26.0 Å². The average molecular weight is 667 g/mol. The van der Waals surface area contributed by atoms with Crippen LogP contribution in [-0.4, -0.2) is 69.8 Å². The van der Waals surface area contributed by atoms with Crippen molar-refractivity contribution < 1.29 is 33.0 Å². The lowest BCUT2D eigenvalue weighted by atomic mass is 9.81. The van der Waals surface area contributed by atoms with Gasteiger partial charge in [0.05, 0.1) is 42.3 Å². The van der Waals surface area contributed by atoms with Crippen molar-refractivity contribution in [1.82, 2.24) is 25.7 Å². The van der Waals surface area contributed by atoms with Crippen LogP contribution in [0, 0.1) is 11.6 Å². The highest BCUT2D eigenvalue weighted by molar-refractivity contribution is 6.31. The largest absolute Gasteiger partial charge is 0.495 e. The molecule has 2 aliphatic rings. The number of nitrogens with two attached hydrogens (primary N) is 2. The first-order chi connectivity index (χ1) is 22.4. The Hall–Kier alpha value is -5.15. The van der Waals surface area contributed by atoms with Crippen molar-refractivity contribution >= 4 is 35.3 Å². The van der Waals surface area contributed by atoms with E-state index in [0.717, 1.165) is 18.9 Å². The molecule has 2 atom stereocenters. The van der Waals surface area contributed by atoms with Crippen molar-refractivity contribution in [2.45, 2.75) is 36.8 Å². The summed E-state index contributed by atoms with van der Waals surface area (Å²) in [6.45, 7) is 0.748. The van der Waals surface area contributed by atoms with Crippen LogP contribution in [0.2, 0.25) is 5.02 Å². The molecule has 13 nitrogen and oxygen atoms in total. The molecular weight excluding hydrogens is 638 g/mol. The molecule has 0 radical (unpaired) electrons. The molecule has 1 fully saturated rings. The van der Waals surface area contributed by atoms with Gasteiger partial charge in [0.2, 0.25) is 5.91 Å². The standard InChI is InChI=1S/C31H29ClF2N8O5/c1-30(29(36)44)13-47-27-18(30)8-23(40-26(27)17-7-19(32)21(34)9-20(17)33)31(45,24-11-39-42-41-24)12-38-28(43)14-5-15(10-37-16-3-4-16)25(35)22(6-14)46-2/h5-11,16,45H,3-4,12-13,35H2,1-2H3,(H2,36,44)(H,38,43)(H,39,41,42)/t30-,31+/m0/s1. The molecule has 2 aromatic carbocycles. The van der Waals surface area contributed by atoms with E-state index in [1.54, 1.807) is 6.21 Å². The fraction of sp³-hybridized carbons (Fsp3) is 0.290. The number of amides is 2. The summed E-state index contributed by atoms with van der Waals surface area (Å²) < 4.78 is 40.5. The number of primary amides is 1. The van der Waals surface area contributed by atoms with Gasteiger partial charge in [-0.15, -0.1) is 0 Å². The van der Waals surface area contributed by atoms with Crippen molar-refractivity contribution in [3.63, 3.8) is 0 Å². The summed E-state index contributed by atoms with van der Waals surface area (Å²) in [6, 6.07) is 6.14. The van der Waals surface area contributed by atoms with Gasteiger partial charge in [-0.2, -0.15) is 15.4 Å². The molecule has 0 unspecified atom stereocenters. The predicted octanol–water partition coefficient (Wildman–Crippen LogP) is 2.77. The summed E-state index contributed by atoms with van der Waals surface area (Å²) in [5, 5.41) is 24.8. The number of aliphatic imine (C=N–C) groups is 1. The lowest BCUT2D eigenvalue weighted by Gasteiger charge is -2.28. The Morgan fingerprint density at radius 3 is 2.68 bits per heavy atom. The van der Waals surface area contributed by atoms with Gasteiger partial charge in [-0.3, -0.25) is 14.6 Å². The van der Waals surface area contributed by atoms with E-state index in [1.807, 2.05) is 0 Å². The van der Waals surface area contributed by atoms with E-state index in [4.69, 9.17) is 32.5 Å². The summed E-state index contributed by atoms with van der Waals surface area (Å²) in [5.74, 6) is -3.21. The molecule has 2 amide bonds. The monoisotopic (exact) mass is 666 g/mol. The first kappa shape index (κ1) is 31.8. The maximum absolute atomic E-state index is 15.2. The minimum Gasteiger partial charge on any atom is -0.495 e. The molecule has 1 saturated carbocycles. The van der Waals surface area contributed by atoms with E-state index in [1.165, 1.54) is 38.4 Å². The second-order valence-corrected chi connectivity index (χ2v) is 12.0. The Morgan fingerprint density at radius 1 is 1.26 bits per heavy atom. The first-order valence-corrected chi connectivity index (χ1v) is 14.7. The van der Waals surface area contributed by atoms with Crippen LogP contribution in [0.5, 0.6) is 11.5 Å². The molecule has 47 heavy (non-hydrogen) atoms. The third kappa shape index (κ3) is 5.72. The topological polar surface area (TPSA) is 204 Å². The zero-order valence-electron chi connectivity index (χ0n) is 25.1. The summed E-state index contributed by atoms with van der Waals surface area (Å²) in [4.78, 5) is 35.2. The minimum atomic E-state index is -2.23. The van der Waals surface area contributed by atoms with Crippen LogP contribution in [0.3, 0.4) is 0 Å². The van der Waals surface area contributed by atoms with Gasteiger partial charge in [-0.1, -0.05) is 11.6 Å². The molecule has 1 aliphatic carbocycles. The van der Waals surface area contributed by atoms with Crippen LogP contribution >= 0.6 is 11.6 Å². The van der Waals surface area contributed by atoms with Crippen molar-refractivity contribution in [1.29, 1.82) is 0 Å².